The van der Waals surface area contributed by atoms with Crippen LogP contribution in [0.2, 0.25) is 0 Å². The summed E-state index contributed by atoms with van der Waals surface area (Å²) in [7, 11) is 1.79. The predicted molar refractivity (Wildman–Crippen MR) is 92.4 cm³/mol. The normalized spacial score (nSPS) is 15.7. The molecule has 0 saturated heterocycles. The second kappa shape index (κ2) is 7.25. The molecule has 0 aliphatic carbocycles. The molecule has 0 spiro atoms. The molecular weight excluding hydrogens is 304 g/mol. The van der Waals surface area contributed by atoms with Crippen molar-refractivity contribution in [2.45, 2.75) is 19.6 Å². The van der Waals surface area contributed by atoms with Crippen LogP contribution in [0.5, 0.6) is 11.5 Å². The van der Waals surface area contributed by atoms with E-state index in [4.69, 9.17) is 9.47 Å². The maximum absolute atomic E-state index is 12.3. The number of nitrogens with zero attached hydrogens (tertiary/aromatic N) is 1. The molecule has 2 amide bonds. The number of aryl methyl sites for hydroxylation is 1. The van der Waals surface area contributed by atoms with Gasteiger partial charge in [0, 0.05) is 13.6 Å². The van der Waals surface area contributed by atoms with Crippen molar-refractivity contribution < 1.29 is 14.3 Å². The quantitative estimate of drug-likeness (QED) is 0.940. The number of hydrogen-bond donors (Lipinski definition) is 1. The first-order valence-corrected chi connectivity index (χ1v) is 8.05. The van der Waals surface area contributed by atoms with Crippen LogP contribution in [0.4, 0.5) is 4.79 Å². The summed E-state index contributed by atoms with van der Waals surface area (Å²) in [5.74, 6) is 1.47. The third kappa shape index (κ3) is 3.79. The third-order valence-electron chi connectivity index (χ3n) is 4.06. The van der Waals surface area contributed by atoms with Gasteiger partial charge in [-0.05, 0) is 30.2 Å². The van der Waals surface area contributed by atoms with Crippen LogP contribution in [-0.2, 0) is 6.54 Å². The van der Waals surface area contributed by atoms with Crippen molar-refractivity contribution in [3.63, 3.8) is 0 Å². The number of fused-ring (bicyclic) bond motifs is 1. The Labute approximate surface area is 142 Å². The average Bonchev–Trinajstić information content (AvgIpc) is 2.61. The van der Waals surface area contributed by atoms with E-state index >= 15 is 0 Å². The summed E-state index contributed by atoms with van der Waals surface area (Å²) in [6, 6.07) is 15.5. The van der Waals surface area contributed by atoms with E-state index in [1.165, 1.54) is 5.56 Å². The van der Waals surface area contributed by atoms with Crippen LogP contribution in [0, 0.1) is 6.92 Å². The number of hydrogen-bond acceptors (Lipinski definition) is 3. The fourth-order valence-electron chi connectivity index (χ4n) is 2.61. The lowest BCUT2D eigenvalue weighted by Gasteiger charge is -2.27. The van der Waals surface area contributed by atoms with Crippen molar-refractivity contribution in [1.29, 1.82) is 0 Å². The summed E-state index contributed by atoms with van der Waals surface area (Å²) in [6.07, 6.45) is -0.185. The van der Waals surface area contributed by atoms with Gasteiger partial charge >= 0.3 is 6.03 Å². The third-order valence-corrected chi connectivity index (χ3v) is 4.06. The molecular formula is C19H22N2O3. The minimum Gasteiger partial charge on any atom is -0.486 e. The van der Waals surface area contributed by atoms with Gasteiger partial charge in [0.1, 0.15) is 6.61 Å². The lowest BCUT2D eigenvalue weighted by molar-refractivity contribution is 0.0904. The van der Waals surface area contributed by atoms with Crippen molar-refractivity contribution in [2.75, 3.05) is 20.2 Å². The molecule has 1 aliphatic heterocycles. The van der Waals surface area contributed by atoms with Crippen LogP contribution in [0.25, 0.3) is 0 Å². The van der Waals surface area contributed by atoms with E-state index in [9.17, 15) is 4.79 Å². The second-order valence-electron chi connectivity index (χ2n) is 5.97. The fraction of sp³-hybridized carbons (Fsp3) is 0.316. The topological polar surface area (TPSA) is 50.8 Å². The monoisotopic (exact) mass is 326 g/mol. The standard InChI is InChI=1S/C19H22N2O3/c1-14-7-3-4-8-15(14)12-21(2)19(22)20-11-16-13-23-17-9-5-6-10-18(17)24-16/h3-10,16H,11-13H2,1-2H3,(H,20,22)/t16-/m1/s1. The molecule has 0 aromatic heterocycles. The number of carbonyl (C=O) groups excluding carboxylic acids is 1. The van der Waals surface area contributed by atoms with Gasteiger partial charge in [-0.2, -0.15) is 0 Å². The largest absolute Gasteiger partial charge is 0.486 e. The minimum atomic E-state index is -0.185. The van der Waals surface area contributed by atoms with Crippen molar-refractivity contribution in [2.24, 2.45) is 0 Å². The molecule has 2 aromatic carbocycles. The number of amides is 2. The molecule has 0 bridgehead atoms. The van der Waals surface area contributed by atoms with E-state index < -0.39 is 0 Å². The molecule has 1 heterocycles. The number of urea groups is 1. The smallest absolute Gasteiger partial charge is 0.317 e. The molecule has 24 heavy (non-hydrogen) atoms. The van der Waals surface area contributed by atoms with Crippen LogP contribution in [0.1, 0.15) is 11.1 Å². The average molecular weight is 326 g/mol. The zero-order chi connectivity index (χ0) is 16.9. The molecule has 0 saturated carbocycles. The molecule has 5 heteroatoms. The fourth-order valence-corrected chi connectivity index (χ4v) is 2.61. The lowest BCUT2D eigenvalue weighted by Crippen LogP contribution is -2.44. The van der Waals surface area contributed by atoms with Gasteiger partial charge in [-0.3, -0.25) is 0 Å². The summed E-state index contributed by atoms with van der Waals surface area (Å²) >= 11 is 0. The summed E-state index contributed by atoms with van der Waals surface area (Å²) in [4.78, 5) is 13.9. The predicted octanol–water partition coefficient (Wildman–Crippen LogP) is 2.98. The van der Waals surface area contributed by atoms with Gasteiger partial charge < -0.3 is 19.7 Å². The van der Waals surface area contributed by atoms with E-state index in [1.807, 2.05) is 55.5 Å². The summed E-state index contributed by atoms with van der Waals surface area (Å²) in [6.45, 7) is 3.46. The highest BCUT2D eigenvalue weighted by Gasteiger charge is 2.21. The lowest BCUT2D eigenvalue weighted by atomic mass is 10.1. The Bertz CT molecular complexity index is 717. The van der Waals surface area contributed by atoms with Crippen LogP contribution in [-0.4, -0.2) is 37.2 Å². The Balaban J connectivity index is 1.50. The minimum absolute atomic E-state index is 0.124. The van der Waals surface area contributed by atoms with E-state index in [-0.39, 0.29) is 12.1 Å². The number of nitrogens with one attached hydrogen (secondary N) is 1. The first-order valence-electron chi connectivity index (χ1n) is 8.05. The van der Waals surface area contributed by atoms with E-state index in [2.05, 4.69) is 5.32 Å². The molecule has 1 atom stereocenters. The second-order valence-corrected chi connectivity index (χ2v) is 5.97. The Hall–Kier alpha value is -2.69. The van der Waals surface area contributed by atoms with Crippen LogP contribution >= 0.6 is 0 Å². The van der Waals surface area contributed by atoms with Gasteiger partial charge in [0.15, 0.2) is 17.6 Å². The number of ether oxygens (including phenoxy) is 2. The van der Waals surface area contributed by atoms with Gasteiger partial charge in [0.05, 0.1) is 6.54 Å². The molecule has 1 N–H and O–H groups in total. The molecule has 0 fully saturated rings. The highest BCUT2D eigenvalue weighted by Crippen LogP contribution is 2.30. The highest BCUT2D eigenvalue weighted by molar-refractivity contribution is 5.73. The van der Waals surface area contributed by atoms with E-state index in [0.29, 0.717) is 19.7 Å². The first-order chi connectivity index (χ1) is 11.6. The Morgan fingerprint density at radius 1 is 1.17 bits per heavy atom. The number of carbonyl (C=O) groups is 1. The van der Waals surface area contributed by atoms with Gasteiger partial charge in [-0.1, -0.05) is 36.4 Å². The molecule has 3 rings (SSSR count). The Morgan fingerprint density at radius 2 is 1.88 bits per heavy atom. The Morgan fingerprint density at radius 3 is 2.67 bits per heavy atom. The highest BCUT2D eigenvalue weighted by atomic mass is 16.6. The van der Waals surface area contributed by atoms with Gasteiger partial charge in [-0.25, -0.2) is 4.79 Å². The van der Waals surface area contributed by atoms with Crippen LogP contribution < -0.4 is 14.8 Å². The Kier molecular flexibility index (Phi) is 4.89. The SMILES string of the molecule is Cc1ccccc1CN(C)C(=O)NC[C@@H]1COc2ccccc2O1. The molecule has 126 valence electrons. The van der Waals surface area contributed by atoms with Crippen molar-refractivity contribution in [1.82, 2.24) is 10.2 Å². The molecule has 0 unspecified atom stereocenters. The molecule has 0 radical (unpaired) electrons. The molecule has 1 aliphatic rings. The van der Waals surface area contributed by atoms with Crippen molar-refractivity contribution in [3.05, 3.63) is 59.7 Å². The summed E-state index contributed by atoms with van der Waals surface area (Å²) in [5.41, 5.74) is 2.32. The maximum Gasteiger partial charge on any atom is 0.317 e. The van der Waals surface area contributed by atoms with E-state index in [0.717, 1.165) is 17.1 Å². The summed E-state index contributed by atoms with van der Waals surface area (Å²) in [5, 5.41) is 2.90. The van der Waals surface area contributed by atoms with Gasteiger partial charge in [0.25, 0.3) is 0 Å². The zero-order valence-electron chi connectivity index (χ0n) is 14.0. The zero-order valence-corrected chi connectivity index (χ0v) is 14.0. The number of benzene rings is 2. The van der Waals surface area contributed by atoms with Crippen molar-refractivity contribution >= 4 is 6.03 Å². The first kappa shape index (κ1) is 16.2. The number of para-hydroxylation sites is 2. The van der Waals surface area contributed by atoms with Crippen LogP contribution in [0.15, 0.2) is 48.5 Å². The van der Waals surface area contributed by atoms with Gasteiger partial charge in [0.2, 0.25) is 0 Å². The van der Waals surface area contributed by atoms with Crippen molar-refractivity contribution in [3.8, 4) is 11.5 Å². The molecule has 2 aromatic rings. The molecule has 5 nitrogen and oxygen atoms in total. The van der Waals surface area contributed by atoms with E-state index in [1.54, 1.807) is 11.9 Å². The summed E-state index contributed by atoms with van der Waals surface area (Å²) < 4.78 is 11.5. The number of rotatable bonds is 4. The maximum atomic E-state index is 12.3. The van der Waals surface area contributed by atoms with Gasteiger partial charge in [-0.15, -0.1) is 0 Å². The van der Waals surface area contributed by atoms with Crippen LogP contribution in [0.3, 0.4) is 0 Å².